The summed E-state index contributed by atoms with van der Waals surface area (Å²) in [5.74, 6) is 0.293. The minimum absolute atomic E-state index is 0.0427. The van der Waals surface area contributed by atoms with Crippen molar-refractivity contribution in [1.82, 2.24) is 5.32 Å². The number of carbonyl (C=O) groups excluding carboxylic acids is 1. The van der Waals surface area contributed by atoms with E-state index in [-0.39, 0.29) is 27.1 Å². The molecule has 0 fully saturated rings. The van der Waals surface area contributed by atoms with Crippen LogP contribution < -0.4 is 11.1 Å². The molecule has 0 bridgehead atoms. The van der Waals surface area contributed by atoms with Crippen molar-refractivity contribution in [2.24, 2.45) is 0 Å². The molecule has 0 aromatic carbocycles. The van der Waals surface area contributed by atoms with Gasteiger partial charge in [0.25, 0.3) is 5.91 Å². The summed E-state index contributed by atoms with van der Waals surface area (Å²) in [7, 11) is -3.45. The summed E-state index contributed by atoms with van der Waals surface area (Å²) in [5, 5.41) is 2.61. The Labute approximate surface area is 127 Å². The third kappa shape index (κ3) is 3.56. The average molecular weight is 334 g/mol. The molecule has 0 aliphatic rings. The van der Waals surface area contributed by atoms with E-state index in [0.29, 0.717) is 16.5 Å². The fraction of sp³-hybridized carbons (Fsp3) is 0.417. The fourth-order valence-corrected chi connectivity index (χ4v) is 5.70. The number of carbonyl (C=O) groups is 1. The quantitative estimate of drug-likeness (QED) is 0.589. The van der Waals surface area contributed by atoms with E-state index >= 15 is 0 Å². The van der Waals surface area contributed by atoms with Crippen LogP contribution in [0.4, 0.5) is 5.69 Å². The lowest BCUT2D eigenvalue weighted by atomic mass is 10.4. The second-order valence-corrected chi connectivity index (χ2v) is 8.56. The van der Waals surface area contributed by atoms with Gasteiger partial charge in [0.05, 0.1) is 15.6 Å². The molecular formula is C12H18N2O3S3. The minimum atomic E-state index is -3.45. The Hall–Kier alpha value is -0.990. The Bertz CT molecular complexity index is 606. The Kier molecular flexibility index (Phi) is 6.09. The number of nitrogens with one attached hydrogen (secondary N) is 1. The molecule has 0 saturated heterocycles. The van der Waals surface area contributed by atoms with Gasteiger partial charge in [-0.2, -0.15) is 0 Å². The Morgan fingerprint density at radius 2 is 2.15 bits per heavy atom. The number of rotatable bonds is 7. The highest BCUT2D eigenvalue weighted by Crippen LogP contribution is 2.41. The van der Waals surface area contributed by atoms with Crippen molar-refractivity contribution >= 4 is 44.5 Å². The average Bonchev–Trinajstić information content (AvgIpc) is 2.74. The van der Waals surface area contributed by atoms with E-state index in [0.717, 1.165) is 11.3 Å². The maximum absolute atomic E-state index is 12.1. The number of sulfone groups is 1. The Morgan fingerprint density at radius 1 is 1.50 bits per heavy atom. The molecule has 0 aliphatic carbocycles. The van der Waals surface area contributed by atoms with Crippen LogP contribution in [0.3, 0.4) is 0 Å². The second kappa shape index (κ2) is 7.14. The highest BCUT2D eigenvalue weighted by molar-refractivity contribution is 8.02. The van der Waals surface area contributed by atoms with Crippen LogP contribution in [0, 0.1) is 0 Å². The van der Waals surface area contributed by atoms with Crippen molar-refractivity contribution in [2.45, 2.75) is 23.0 Å². The number of thioether (sulfide) groups is 1. The van der Waals surface area contributed by atoms with Gasteiger partial charge in [0, 0.05) is 6.54 Å². The van der Waals surface area contributed by atoms with Crippen LogP contribution in [0.25, 0.3) is 0 Å². The zero-order chi connectivity index (χ0) is 15.3. The van der Waals surface area contributed by atoms with E-state index in [1.807, 2.05) is 6.92 Å². The lowest BCUT2D eigenvalue weighted by Crippen LogP contribution is -2.23. The molecule has 0 saturated carbocycles. The number of hydrogen-bond donors (Lipinski definition) is 2. The van der Waals surface area contributed by atoms with Crippen LogP contribution in [0.15, 0.2) is 21.8 Å². The monoisotopic (exact) mass is 334 g/mol. The molecular weight excluding hydrogens is 316 g/mol. The number of nitrogens with two attached hydrogens (primary N) is 1. The van der Waals surface area contributed by atoms with Gasteiger partial charge in [-0.25, -0.2) is 8.42 Å². The molecule has 0 unspecified atom stereocenters. The van der Waals surface area contributed by atoms with E-state index in [1.165, 1.54) is 11.8 Å². The SMILES string of the molecule is C=CCNC(=O)c1sc(SCC)c(S(=O)(=O)CC)c1N. The lowest BCUT2D eigenvalue weighted by molar-refractivity contribution is 0.0963. The molecule has 0 aliphatic heterocycles. The van der Waals surface area contributed by atoms with Gasteiger partial charge in [0.2, 0.25) is 0 Å². The molecule has 1 aromatic rings. The minimum Gasteiger partial charge on any atom is -0.396 e. The van der Waals surface area contributed by atoms with Gasteiger partial charge >= 0.3 is 0 Å². The predicted octanol–water partition coefficient (Wildman–Crippen LogP) is 2.15. The molecule has 1 rings (SSSR count). The predicted molar refractivity (Wildman–Crippen MR) is 85.4 cm³/mol. The first-order valence-corrected chi connectivity index (χ1v) is 9.51. The molecule has 0 atom stereocenters. The van der Waals surface area contributed by atoms with Crippen LogP contribution in [-0.2, 0) is 9.84 Å². The number of thiophene rings is 1. The second-order valence-electron chi connectivity index (χ2n) is 3.80. The molecule has 1 aromatic heterocycles. The van der Waals surface area contributed by atoms with E-state index in [2.05, 4.69) is 11.9 Å². The first-order valence-electron chi connectivity index (χ1n) is 6.05. The van der Waals surface area contributed by atoms with Crippen molar-refractivity contribution in [3.05, 3.63) is 17.5 Å². The number of nitrogen functional groups attached to an aromatic ring is 1. The Morgan fingerprint density at radius 3 is 2.65 bits per heavy atom. The third-order valence-electron chi connectivity index (χ3n) is 2.45. The summed E-state index contributed by atoms with van der Waals surface area (Å²) in [5.41, 5.74) is 5.95. The van der Waals surface area contributed by atoms with E-state index < -0.39 is 9.84 Å². The van der Waals surface area contributed by atoms with Crippen LogP contribution in [-0.4, -0.2) is 32.4 Å². The van der Waals surface area contributed by atoms with Crippen LogP contribution in [0.5, 0.6) is 0 Å². The summed E-state index contributed by atoms with van der Waals surface area (Å²) in [6.07, 6.45) is 1.55. The van der Waals surface area contributed by atoms with Crippen molar-refractivity contribution in [2.75, 3.05) is 23.8 Å². The summed E-state index contributed by atoms with van der Waals surface area (Å²) in [6, 6.07) is 0. The molecule has 112 valence electrons. The standard InChI is InChI=1S/C12H18N2O3S3/c1-4-7-14-11(15)9-8(13)10(20(16,17)6-3)12(19-9)18-5-2/h4H,1,5-7,13H2,2-3H3,(H,14,15). The topological polar surface area (TPSA) is 89.3 Å². The zero-order valence-electron chi connectivity index (χ0n) is 11.4. The molecule has 1 amide bonds. The Balaban J connectivity index is 3.33. The zero-order valence-corrected chi connectivity index (χ0v) is 13.9. The number of anilines is 1. The maximum Gasteiger partial charge on any atom is 0.263 e. The highest BCUT2D eigenvalue weighted by Gasteiger charge is 2.28. The smallest absolute Gasteiger partial charge is 0.263 e. The molecule has 3 N–H and O–H groups in total. The van der Waals surface area contributed by atoms with Crippen LogP contribution >= 0.6 is 23.1 Å². The number of hydrogen-bond acceptors (Lipinski definition) is 6. The fourth-order valence-electron chi connectivity index (χ4n) is 1.49. The van der Waals surface area contributed by atoms with Gasteiger partial charge in [0.1, 0.15) is 9.77 Å². The summed E-state index contributed by atoms with van der Waals surface area (Å²) >= 11 is 2.50. The normalized spacial score (nSPS) is 11.3. The van der Waals surface area contributed by atoms with Crippen molar-refractivity contribution in [1.29, 1.82) is 0 Å². The van der Waals surface area contributed by atoms with Gasteiger partial charge in [0.15, 0.2) is 9.84 Å². The maximum atomic E-state index is 12.1. The number of amides is 1. The summed E-state index contributed by atoms with van der Waals surface area (Å²) < 4.78 is 24.8. The first kappa shape index (κ1) is 17.1. The van der Waals surface area contributed by atoms with E-state index in [1.54, 1.807) is 13.0 Å². The van der Waals surface area contributed by atoms with Crippen molar-refractivity contribution < 1.29 is 13.2 Å². The largest absolute Gasteiger partial charge is 0.396 e. The molecule has 8 heteroatoms. The van der Waals surface area contributed by atoms with Gasteiger partial charge in [-0.15, -0.1) is 29.7 Å². The van der Waals surface area contributed by atoms with Gasteiger partial charge in [-0.1, -0.05) is 19.9 Å². The third-order valence-corrected chi connectivity index (χ3v) is 6.87. The van der Waals surface area contributed by atoms with E-state index in [9.17, 15) is 13.2 Å². The summed E-state index contributed by atoms with van der Waals surface area (Å²) in [6.45, 7) is 7.30. The van der Waals surface area contributed by atoms with Crippen LogP contribution in [0.1, 0.15) is 23.5 Å². The van der Waals surface area contributed by atoms with Crippen LogP contribution in [0.2, 0.25) is 0 Å². The van der Waals surface area contributed by atoms with Crippen molar-refractivity contribution in [3.8, 4) is 0 Å². The highest BCUT2D eigenvalue weighted by atomic mass is 32.2. The first-order chi connectivity index (χ1) is 9.38. The van der Waals surface area contributed by atoms with E-state index in [4.69, 9.17) is 5.73 Å². The molecule has 1 heterocycles. The van der Waals surface area contributed by atoms with Gasteiger partial charge in [-0.05, 0) is 5.75 Å². The molecule has 0 radical (unpaired) electrons. The molecule has 20 heavy (non-hydrogen) atoms. The lowest BCUT2D eigenvalue weighted by Gasteiger charge is -2.04. The summed E-state index contributed by atoms with van der Waals surface area (Å²) in [4.78, 5) is 12.3. The molecule has 0 spiro atoms. The van der Waals surface area contributed by atoms with Gasteiger partial charge < -0.3 is 11.1 Å². The molecule has 5 nitrogen and oxygen atoms in total. The van der Waals surface area contributed by atoms with Crippen molar-refractivity contribution in [3.63, 3.8) is 0 Å². The van der Waals surface area contributed by atoms with Gasteiger partial charge in [-0.3, -0.25) is 4.79 Å².